The predicted octanol–water partition coefficient (Wildman–Crippen LogP) is 2.73. The molecular formula is C18H18F3N3O3. The Balaban J connectivity index is 2.31. The summed E-state index contributed by atoms with van der Waals surface area (Å²) in [5, 5.41) is 14.9. The number of alkyl halides is 3. The SMILES string of the molecule is CNC(=O)C(C)(C)NC(=O)c1ncc(-c2cccc(C(F)(F)F)c2)cc1O. The second-order valence-corrected chi connectivity index (χ2v) is 6.33. The topological polar surface area (TPSA) is 91.3 Å². The van der Waals surface area contributed by atoms with Crippen molar-refractivity contribution in [1.82, 2.24) is 15.6 Å². The van der Waals surface area contributed by atoms with Crippen molar-refractivity contribution in [3.05, 3.63) is 47.8 Å². The molecular weight excluding hydrogens is 363 g/mol. The summed E-state index contributed by atoms with van der Waals surface area (Å²) in [6.45, 7) is 2.94. The van der Waals surface area contributed by atoms with E-state index in [0.29, 0.717) is 0 Å². The fourth-order valence-electron chi connectivity index (χ4n) is 2.37. The highest BCUT2D eigenvalue weighted by Gasteiger charge is 2.31. The van der Waals surface area contributed by atoms with E-state index in [9.17, 15) is 27.9 Å². The molecule has 0 atom stereocenters. The highest BCUT2D eigenvalue weighted by atomic mass is 19.4. The zero-order chi connectivity index (χ0) is 20.4. The second-order valence-electron chi connectivity index (χ2n) is 6.33. The monoisotopic (exact) mass is 381 g/mol. The third kappa shape index (κ3) is 4.55. The molecule has 0 radical (unpaired) electrons. The van der Waals surface area contributed by atoms with Gasteiger partial charge in [0.05, 0.1) is 5.56 Å². The molecule has 1 heterocycles. The minimum Gasteiger partial charge on any atom is -0.505 e. The standard InChI is InChI=1S/C18H18F3N3O3/c1-17(2,16(27)22-3)24-15(26)14-13(25)8-11(9-23-14)10-5-4-6-12(7-10)18(19,20)21/h4-9,25H,1-3H3,(H,22,27)(H,24,26). The van der Waals surface area contributed by atoms with Gasteiger partial charge in [0.2, 0.25) is 5.91 Å². The molecule has 144 valence electrons. The molecule has 0 saturated carbocycles. The van der Waals surface area contributed by atoms with Gasteiger partial charge in [-0.3, -0.25) is 9.59 Å². The Bertz CT molecular complexity index is 880. The summed E-state index contributed by atoms with van der Waals surface area (Å²) in [5.41, 5.74) is -2.04. The van der Waals surface area contributed by atoms with Gasteiger partial charge in [-0.1, -0.05) is 12.1 Å². The smallest absolute Gasteiger partial charge is 0.416 e. The van der Waals surface area contributed by atoms with E-state index < -0.39 is 34.8 Å². The van der Waals surface area contributed by atoms with Crippen LogP contribution in [0.5, 0.6) is 5.75 Å². The summed E-state index contributed by atoms with van der Waals surface area (Å²) in [4.78, 5) is 27.8. The van der Waals surface area contributed by atoms with Crippen molar-refractivity contribution < 1.29 is 27.9 Å². The Labute approximate surface area is 153 Å². The van der Waals surface area contributed by atoms with Crippen LogP contribution in [0, 0.1) is 0 Å². The van der Waals surface area contributed by atoms with E-state index >= 15 is 0 Å². The number of carbonyl (C=O) groups is 2. The van der Waals surface area contributed by atoms with Crippen LogP contribution in [0.1, 0.15) is 29.9 Å². The molecule has 0 fully saturated rings. The lowest BCUT2D eigenvalue weighted by atomic mass is 10.0. The van der Waals surface area contributed by atoms with E-state index in [-0.39, 0.29) is 16.8 Å². The summed E-state index contributed by atoms with van der Waals surface area (Å²) in [6, 6.07) is 5.66. The number of halogens is 3. The van der Waals surface area contributed by atoms with Gasteiger partial charge in [0.25, 0.3) is 5.91 Å². The number of nitrogens with one attached hydrogen (secondary N) is 2. The van der Waals surface area contributed by atoms with Crippen molar-refractivity contribution >= 4 is 11.8 Å². The first-order valence-corrected chi connectivity index (χ1v) is 7.87. The first kappa shape index (κ1) is 20.2. The lowest BCUT2D eigenvalue weighted by Crippen LogP contribution is -2.54. The Morgan fingerprint density at radius 3 is 2.33 bits per heavy atom. The van der Waals surface area contributed by atoms with Gasteiger partial charge in [-0.15, -0.1) is 0 Å². The molecule has 0 aliphatic heterocycles. The third-order valence-corrected chi connectivity index (χ3v) is 3.83. The minimum atomic E-state index is -4.50. The number of nitrogens with zero attached hydrogens (tertiary/aromatic N) is 1. The van der Waals surface area contributed by atoms with Crippen molar-refractivity contribution in [3.8, 4) is 16.9 Å². The van der Waals surface area contributed by atoms with Crippen molar-refractivity contribution in [3.63, 3.8) is 0 Å². The quantitative estimate of drug-likeness (QED) is 0.760. The van der Waals surface area contributed by atoms with Crippen LogP contribution in [0.15, 0.2) is 36.5 Å². The maximum Gasteiger partial charge on any atom is 0.416 e. The number of rotatable bonds is 4. The largest absolute Gasteiger partial charge is 0.505 e. The molecule has 27 heavy (non-hydrogen) atoms. The van der Waals surface area contributed by atoms with Gasteiger partial charge in [-0.2, -0.15) is 13.2 Å². The van der Waals surface area contributed by atoms with Crippen LogP contribution >= 0.6 is 0 Å². The van der Waals surface area contributed by atoms with E-state index in [2.05, 4.69) is 15.6 Å². The molecule has 2 rings (SSSR count). The normalized spacial score (nSPS) is 11.8. The predicted molar refractivity (Wildman–Crippen MR) is 92.0 cm³/mol. The van der Waals surface area contributed by atoms with Gasteiger partial charge >= 0.3 is 6.18 Å². The Morgan fingerprint density at radius 1 is 1.11 bits per heavy atom. The van der Waals surface area contributed by atoms with E-state index in [1.807, 2.05) is 0 Å². The van der Waals surface area contributed by atoms with Crippen LogP contribution in [0.3, 0.4) is 0 Å². The van der Waals surface area contributed by atoms with Gasteiger partial charge in [-0.05, 0) is 37.6 Å². The summed E-state index contributed by atoms with van der Waals surface area (Å²) < 4.78 is 38.5. The summed E-state index contributed by atoms with van der Waals surface area (Å²) in [5.74, 6) is -1.76. The maximum atomic E-state index is 12.8. The van der Waals surface area contributed by atoms with Gasteiger partial charge in [-0.25, -0.2) is 4.98 Å². The molecule has 0 aliphatic rings. The van der Waals surface area contributed by atoms with Gasteiger partial charge in [0.1, 0.15) is 11.3 Å². The van der Waals surface area contributed by atoms with Crippen LogP contribution in [0.2, 0.25) is 0 Å². The summed E-state index contributed by atoms with van der Waals surface area (Å²) >= 11 is 0. The Hall–Kier alpha value is -3.10. The Kier molecular flexibility index (Phi) is 5.43. The molecule has 1 aromatic carbocycles. The molecule has 0 aliphatic carbocycles. The number of hydrogen-bond acceptors (Lipinski definition) is 4. The second kappa shape index (κ2) is 7.26. The molecule has 0 unspecified atom stereocenters. The van der Waals surface area contributed by atoms with Gasteiger partial charge in [0, 0.05) is 18.8 Å². The van der Waals surface area contributed by atoms with Gasteiger partial charge < -0.3 is 15.7 Å². The lowest BCUT2D eigenvalue weighted by molar-refractivity contribution is -0.137. The number of benzene rings is 1. The number of hydrogen-bond donors (Lipinski definition) is 3. The minimum absolute atomic E-state index is 0.185. The molecule has 2 amide bonds. The van der Waals surface area contributed by atoms with Crippen molar-refractivity contribution in [2.24, 2.45) is 0 Å². The maximum absolute atomic E-state index is 12.8. The lowest BCUT2D eigenvalue weighted by Gasteiger charge is -2.24. The number of pyridine rings is 1. The van der Waals surface area contributed by atoms with Crippen molar-refractivity contribution in [1.29, 1.82) is 0 Å². The van der Waals surface area contributed by atoms with E-state index in [4.69, 9.17) is 0 Å². The molecule has 1 aromatic heterocycles. The van der Waals surface area contributed by atoms with Crippen molar-refractivity contribution in [2.45, 2.75) is 25.6 Å². The molecule has 0 bridgehead atoms. The Morgan fingerprint density at radius 2 is 1.78 bits per heavy atom. The first-order valence-electron chi connectivity index (χ1n) is 7.87. The van der Waals surface area contributed by atoms with E-state index in [0.717, 1.165) is 18.2 Å². The molecule has 6 nitrogen and oxygen atoms in total. The number of carbonyl (C=O) groups excluding carboxylic acids is 2. The molecule has 0 saturated heterocycles. The molecule has 0 spiro atoms. The summed E-state index contributed by atoms with van der Waals surface area (Å²) in [6.07, 6.45) is -3.33. The fraction of sp³-hybridized carbons (Fsp3) is 0.278. The van der Waals surface area contributed by atoms with Crippen LogP contribution in [-0.2, 0) is 11.0 Å². The molecule has 3 N–H and O–H groups in total. The molecule has 2 aromatic rings. The van der Waals surface area contributed by atoms with Crippen LogP contribution in [0.25, 0.3) is 11.1 Å². The van der Waals surface area contributed by atoms with Crippen LogP contribution < -0.4 is 10.6 Å². The zero-order valence-electron chi connectivity index (χ0n) is 14.8. The average molecular weight is 381 g/mol. The van der Waals surface area contributed by atoms with Crippen LogP contribution in [0.4, 0.5) is 13.2 Å². The fourth-order valence-corrected chi connectivity index (χ4v) is 2.37. The van der Waals surface area contributed by atoms with Gasteiger partial charge in [0.15, 0.2) is 5.69 Å². The van der Waals surface area contributed by atoms with Crippen LogP contribution in [-0.4, -0.2) is 34.5 Å². The number of aromatic hydroxyl groups is 1. The summed E-state index contributed by atoms with van der Waals surface area (Å²) in [7, 11) is 1.41. The van der Waals surface area contributed by atoms with Crippen molar-refractivity contribution in [2.75, 3.05) is 7.05 Å². The number of likely N-dealkylation sites (N-methyl/N-ethyl adjacent to an activating group) is 1. The van der Waals surface area contributed by atoms with E-state index in [1.165, 1.54) is 39.2 Å². The average Bonchev–Trinajstić information content (AvgIpc) is 2.59. The zero-order valence-corrected chi connectivity index (χ0v) is 14.8. The molecule has 9 heteroatoms. The highest BCUT2D eigenvalue weighted by molar-refractivity contribution is 5.99. The third-order valence-electron chi connectivity index (χ3n) is 3.83. The number of aromatic nitrogens is 1. The van der Waals surface area contributed by atoms with E-state index in [1.54, 1.807) is 0 Å². The number of amides is 2. The highest BCUT2D eigenvalue weighted by Crippen LogP contribution is 2.33. The first-order chi connectivity index (χ1) is 12.5.